The van der Waals surface area contributed by atoms with Crippen molar-refractivity contribution in [3.63, 3.8) is 0 Å². The Morgan fingerprint density at radius 3 is 2.73 bits per heavy atom. The first-order valence-corrected chi connectivity index (χ1v) is 14.1. The van der Waals surface area contributed by atoms with Crippen LogP contribution >= 0.6 is 11.9 Å². The van der Waals surface area contributed by atoms with Crippen LogP contribution in [-0.4, -0.2) is 78.9 Å². The number of alkyl halides is 1. The molecule has 0 unspecified atom stereocenters. The first-order chi connectivity index (χ1) is 19.7. The second-order valence-electron chi connectivity index (χ2n) is 9.05. The molecule has 0 spiro atoms. The van der Waals surface area contributed by atoms with Crippen molar-refractivity contribution in [2.45, 2.75) is 6.42 Å². The Morgan fingerprint density at radius 2 is 1.95 bits per heavy atom. The number of rotatable bonds is 12. The van der Waals surface area contributed by atoms with Crippen LogP contribution < -0.4 is 14.9 Å². The molecule has 5 rings (SSSR count). The topological polar surface area (TPSA) is 97.3 Å². The molecule has 0 atom stereocenters. The molecule has 1 aromatic carbocycles. The molecular weight excluding hydrogens is 536 g/mol. The summed E-state index contributed by atoms with van der Waals surface area (Å²) in [6.07, 6.45) is 2.14. The number of nitrogens with zero attached hydrogens (tertiary/aromatic N) is 5. The largest absolute Gasteiger partial charge is 0.383 e. The molecule has 1 fully saturated rings. The van der Waals surface area contributed by atoms with E-state index in [1.54, 1.807) is 37.6 Å². The van der Waals surface area contributed by atoms with E-state index in [4.69, 9.17) is 24.4 Å². The lowest BCUT2D eigenvalue weighted by atomic mass is 10.1. The van der Waals surface area contributed by atoms with Gasteiger partial charge in [0.15, 0.2) is 17.5 Å². The molecule has 4 aromatic rings. The second-order valence-corrected chi connectivity index (χ2v) is 9.95. The molecule has 1 aliphatic heterocycles. The molecule has 12 heteroatoms. The number of hydrogen-bond acceptors (Lipinski definition) is 10. The fourth-order valence-corrected chi connectivity index (χ4v) is 4.92. The zero-order valence-electron chi connectivity index (χ0n) is 22.2. The van der Waals surface area contributed by atoms with Gasteiger partial charge in [-0.3, -0.25) is 4.39 Å². The molecule has 1 aliphatic rings. The Bertz CT molecular complexity index is 1420. The number of methoxy groups -OCH3 is 1. The van der Waals surface area contributed by atoms with E-state index < -0.39 is 12.5 Å². The predicted molar refractivity (Wildman–Crippen MR) is 156 cm³/mol. The summed E-state index contributed by atoms with van der Waals surface area (Å²) in [5.41, 5.74) is 3.17. The first kappa shape index (κ1) is 27.9. The average Bonchev–Trinajstić information content (AvgIpc) is 3.00. The number of nitrogens with one attached hydrogen (secondary N) is 2. The maximum absolute atomic E-state index is 15.5. The van der Waals surface area contributed by atoms with Gasteiger partial charge in [-0.1, -0.05) is 18.0 Å². The SMILES string of the molecule is COCCNc1ccc(-c2nc(N3CCOCC3)c3nc(-c4cccc(NSCCCF)c4F)ccc3n2)cn1. The number of aromatic nitrogens is 4. The Morgan fingerprint density at radius 1 is 1.07 bits per heavy atom. The van der Waals surface area contributed by atoms with Crippen molar-refractivity contribution in [2.24, 2.45) is 0 Å². The predicted octanol–water partition coefficient (Wildman–Crippen LogP) is 5.21. The fraction of sp³-hybridized carbons (Fsp3) is 0.357. The Labute approximate surface area is 235 Å². The van der Waals surface area contributed by atoms with Crippen molar-refractivity contribution in [3.8, 4) is 22.6 Å². The minimum atomic E-state index is -0.419. The van der Waals surface area contributed by atoms with E-state index in [1.807, 2.05) is 18.2 Å². The van der Waals surface area contributed by atoms with Gasteiger partial charge in [0.05, 0.1) is 43.4 Å². The van der Waals surface area contributed by atoms with Crippen molar-refractivity contribution >= 4 is 40.3 Å². The van der Waals surface area contributed by atoms with E-state index >= 15 is 4.39 Å². The molecule has 9 nitrogen and oxygen atoms in total. The zero-order chi connectivity index (χ0) is 27.7. The highest BCUT2D eigenvalue weighted by molar-refractivity contribution is 8.00. The highest BCUT2D eigenvalue weighted by Crippen LogP contribution is 2.32. The van der Waals surface area contributed by atoms with Crippen molar-refractivity contribution in [1.29, 1.82) is 0 Å². The lowest BCUT2D eigenvalue weighted by Crippen LogP contribution is -2.37. The molecule has 2 N–H and O–H groups in total. The van der Waals surface area contributed by atoms with Gasteiger partial charge >= 0.3 is 0 Å². The van der Waals surface area contributed by atoms with Crippen molar-refractivity contribution in [2.75, 3.05) is 73.9 Å². The highest BCUT2D eigenvalue weighted by atomic mass is 32.2. The third kappa shape index (κ3) is 6.57. The lowest BCUT2D eigenvalue weighted by molar-refractivity contribution is 0.122. The van der Waals surface area contributed by atoms with Crippen molar-refractivity contribution in [1.82, 2.24) is 19.9 Å². The molecule has 40 heavy (non-hydrogen) atoms. The highest BCUT2D eigenvalue weighted by Gasteiger charge is 2.21. The summed E-state index contributed by atoms with van der Waals surface area (Å²) in [5, 5.41) is 3.20. The van der Waals surface area contributed by atoms with Gasteiger partial charge in [-0.05, 0) is 42.8 Å². The fourth-order valence-electron chi connectivity index (χ4n) is 4.25. The van der Waals surface area contributed by atoms with E-state index in [1.165, 1.54) is 11.9 Å². The molecule has 1 saturated heterocycles. The van der Waals surface area contributed by atoms with Gasteiger partial charge in [-0.25, -0.2) is 24.3 Å². The number of hydrogen-bond donors (Lipinski definition) is 2. The van der Waals surface area contributed by atoms with Crippen LogP contribution in [0.5, 0.6) is 0 Å². The minimum absolute atomic E-state index is 0.330. The van der Waals surface area contributed by atoms with E-state index in [-0.39, 0.29) is 0 Å². The summed E-state index contributed by atoms with van der Waals surface area (Å²) in [7, 11) is 1.65. The summed E-state index contributed by atoms with van der Waals surface area (Å²) >= 11 is 1.27. The molecular formula is C28H31F2N7O2S. The maximum Gasteiger partial charge on any atom is 0.163 e. The Balaban J connectivity index is 1.50. The lowest BCUT2D eigenvalue weighted by Gasteiger charge is -2.28. The van der Waals surface area contributed by atoms with E-state index in [9.17, 15) is 4.39 Å². The number of benzene rings is 1. The van der Waals surface area contributed by atoms with E-state index in [2.05, 4.69) is 19.9 Å². The van der Waals surface area contributed by atoms with Gasteiger partial charge in [0.1, 0.15) is 11.3 Å². The number of pyridine rings is 2. The summed E-state index contributed by atoms with van der Waals surface area (Å²) < 4.78 is 41.5. The molecule has 4 heterocycles. The van der Waals surface area contributed by atoms with E-state index in [0.717, 1.165) is 11.4 Å². The third-order valence-electron chi connectivity index (χ3n) is 6.31. The zero-order valence-corrected chi connectivity index (χ0v) is 23.0. The smallest absolute Gasteiger partial charge is 0.163 e. The van der Waals surface area contributed by atoms with Crippen LogP contribution in [0.2, 0.25) is 0 Å². The molecule has 0 aliphatic carbocycles. The van der Waals surface area contributed by atoms with Crippen molar-refractivity contribution in [3.05, 3.63) is 54.5 Å². The quantitative estimate of drug-likeness (QED) is 0.175. The maximum atomic E-state index is 15.5. The van der Waals surface area contributed by atoms with Crippen LogP contribution in [0.3, 0.4) is 0 Å². The average molecular weight is 568 g/mol. The minimum Gasteiger partial charge on any atom is -0.383 e. The number of halogens is 2. The summed E-state index contributed by atoms with van der Waals surface area (Å²) in [4.78, 5) is 21.2. The number of ether oxygens (including phenoxy) is 2. The van der Waals surface area contributed by atoms with Crippen molar-refractivity contribution < 1.29 is 18.3 Å². The molecule has 0 saturated carbocycles. The Kier molecular flexibility index (Phi) is 9.53. The molecule has 0 radical (unpaired) electrons. The van der Waals surface area contributed by atoms with Crippen LogP contribution in [-0.2, 0) is 9.47 Å². The summed E-state index contributed by atoms with van der Waals surface area (Å²) in [6, 6.07) is 12.5. The van der Waals surface area contributed by atoms with Gasteiger partial charge in [-0.15, -0.1) is 0 Å². The molecule has 210 valence electrons. The van der Waals surface area contributed by atoms with Gasteiger partial charge in [0, 0.05) is 49.8 Å². The van der Waals surface area contributed by atoms with Gasteiger partial charge < -0.3 is 24.4 Å². The number of anilines is 3. The number of fused-ring (bicyclic) bond motifs is 1. The van der Waals surface area contributed by atoms with Crippen LogP contribution in [0.15, 0.2) is 48.7 Å². The third-order valence-corrected chi connectivity index (χ3v) is 7.16. The van der Waals surface area contributed by atoms with Gasteiger partial charge in [0.25, 0.3) is 0 Å². The summed E-state index contributed by atoms with van der Waals surface area (Å²) in [6.45, 7) is 3.30. The van der Waals surface area contributed by atoms with Crippen LogP contribution in [0.25, 0.3) is 33.7 Å². The first-order valence-electron chi connectivity index (χ1n) is 13.1. The van der Waals surface area contributed by atoms with Gasteiger partial charge in [0.2, 0.25) is 0 Å². The standard InChI is InChI=1S/C28H31F2N7O2S/c1-38-14-11-31-24-9-6-19(18-32-24)27-34-23-8-7-21(33-26(23)28(35-27)37-12-15-39-16-13-37)20-4-2-5-22(25(20)30)36-40-17-3-10-29/h2,4-9,18,36H,3,10-17H2,1H3,(H,31,32). The number of morpholine rings is 1. The van der Waals surface area contributed by atoms with Crippen LogP contribution in [0.1, 0.15) is 6.42 Å². The normalized spacial score (nSPS) is 13.5. The van der Waals surface area contributed by atoms with Crippen LogP contribution in [0, 0.1) is 5.82 Å². The molecule has 0 bridgehead atoms. The molecule has 0 amide bonds. The van der Waals surface area contributed by atoms with E-state index in [0.29, 0.717) is 91.2 Å². The van der Waals surface area contributed by atoms with Gasteiger partial charge in [-0.2, -0.15) is 0 Å². The molecule has 3 aromatic heterocycles. The Hall–Kier alpha value is -3.61. The van der Waals surface area contributed by atoms with Crippen LogP contribution in [0.4, 0.5) is 26.1 Å². The summed E-state index contributed by atoms with van der Waals surface area (Å²) in [5.74, 6) is 2.06. The monoisotopic (exact) mass is 567 g/mol. The second kappa shape index (κ2) is 13.6.